The van der Waals surface area contributed by atoms with Crippen molar-refractivity contribution in [1.29, 1.82) is 0 Å². The van der Waals surface area contributed by atoms with Gasteiger partial charge in [-0.2, -0.15) is 13.2 Å². The van der Waals surface area contributed by atoms with Gasteiger partial charge in [0.25, 0.3) is 0 Å². The number of hydrogen-bond acceptors (Lipinski definition) is 6. The number of nitrogens with zero attached hydrogens (tertiary/aromatic N) is 6. The lowest BCUT2D eigenvalue weighted by Gasteiger charge is -2.33. The van der Waals surface area contributed by atoms with Crippen LogP contribution in [0.4, 0.5) is 29.2 Å². The van der Waals surface area contributed by atoms with E-state index in [-0.39, 0.29) is 12.1 Å². The van der Waals surface area contributed by atoms with Crippen molar-refractivity contribution in [3.05, 3.63) is 65.4 Å². The van der Waals surface area contributed by atoms with Gasteiger partial charge in [0.1, 0.15) is 11.6 Å². The third-order valence-electron chi connectivity index (χ3n) is 6.57. The molecule has 5 rings (SSSR count). The Kier molecular flexibility index (Phi) is 6.31. The van der Waals surface area contributed by atoms with E-state index in [4.69, 9.17) is 4.98 Å². The van der Waals surface area contributed by atoms with Gasteiger partial charge in [-0.3, -0.25) is 4.98 Å². The minimum atomic E-state index is -4.56. The van der Waals surface area contributed by atoms with Gasteiger partial charge in [0.2, 0.25) is 0 Å². The molecule has 0 aliphatic carbocycles. The first kappa shape index (κ1) is 23.5. The fourth-order valence-electron chi connectivity index (χ4n) is 4.63. The number of hydrogen-bond donors (Lipinski definition) is 0. The van der Waals surface area contributed by atoms with Gasteiger partial charge in [0.15, 0.2) is 5.82 Å². The highest BCUT2D eigenvalue weighted by Crippen LogP contribution is 2.35. The molecule has 4 heterocycles. The average molecular weight is 487 g/mol. The molecule has 2 aromatic heterocycles. The number of fused-ring (bicyclic) bond motifs is 1. The number of benzene rings is 1. The number of likely N-dealkylation sites (N-methyl/N-ethyl adjacent to an activating group) is 1. The first-order chi connectivity index (χ1) is 16.8. The van der Waals surface area contributed by atoms with Crippen molar-refractivity contribution in [3.8, 4) is 11.3 Å². The van der Waals surface area contributed by atoms with Gasteiger partial charge in [-0.1, -0.05) is 0 Å². The van der Waals surface area contributed by atoms with E-state index in [2.05, 4.69) is 26.8 Å². The van der Waals surface area contributed by atoms with Crippen molar-refractivity contribution >= 4 is 11.6 Å². The summed E-state index contributed by atoms with van der Waals surface area (Å²) in [6.07, 6.45) is 0.308. The van der Waals surface area contributed by atoms with E-state index in [1.165, 1.54) is 0 Å². The quantitative estimate of drug-likeness (QED) is 0.510. The third-order valence-corrected chi connectivity index (χ3v) is 6.57. The van der Waals surface area contributed by atoms with Crippen LogP contribution in [0.1, 0.15) is 23.2 Å². The highest BCUT2D eigenvalue weighted by Gasteiger charge is 2.34. The van der Waals surface area contributed by atoms with Crippen molar-refractivity contribution < 1.29 is 17.6 Å². The molecule has 10 heteroatoms. The summed E-state index contributed by atoms with van der Waals surface area (Å²) in [6, 6.07) is 6.44. The molecule has 0 unspecified atom stereocenters. The lowest BCUT2D eigenvalue weighted by atomic mass is 10.0. The van der Waals surface area contributed by atoms with Crippen LogP contribution in [-0.2, 0) is 19.1 Å². The number of aromatic nitrogens is 3. The molecular weight excluding hydrogens is 460 g/mol. The fraction of sp³-hybridized carbons (Fsp3) is 0.400. The fourth-order valence-corrected chi connectivity index (χ4v) is 4.63. The first-order valence-corrected chi connectivity index (χ1v) is 11.6. The average Bonchev–Trinajstić information content (AvgIpc) is 2.84. The number of anilines is 2. The molecule has 1 aromatic carbocycles. The number of rotatable bonds is 4. The standard InChI is InChI=1S/C25H26F4N6/c1-33-9-11-34(12-10-33)23-14-17(6-7-30-23)22-15-31-21-3-2-8-35(24(21)32-22)16-18-13-19(26)4-5-20(18)25(27,28)29/h4-7,13-15H,2-3,8-12,16H2,1H3. The predicted octanol–water partition coefficient (Wildman–Crippen LogP) is 4.40. The Balaban J connectivity index is 1.45. The minimum absolute atomic E-state index is 0.0966. The van der Waals surface area contributed by atoms with Crippen LogP contribution in [0.25, 0.3) is 11.3 Å². The van der Waals surface area contributed by atoms with Crippen molar-refractivity contribution in [2.24, 2.45) is 0 Å². The summed E-state index contributed by atoms with van der Waals surface area (Å²) in [7, 11) is 2.09. The summed E-state index contributed by atoms with van der Waals surface area (Å²) in [5.41, 5.74) is 1.26. The van der Waals surface area contributed by atoms with Crippen LogP contribution >= 0.6 is 0 Å². The highest BCUT2D eigenvalue weighted by molar-refractivity contribution is 5.65. The minimum Gasteiger partial charge on any atom is -0.354 e. The monoisotopic (exact) mass is 486 g/mol. The van der Waals surface area contributed by atoms with Crippen LogP contribution < -0.4 is 9.80 Å². The van der Waals surface area contributed by atoms with E-state index >= 15 is 0 Å². The Morgan fingerprint density at radius 3 is 2.54 bits per heavy atom. The van der Waals surface area contributed by atoms with E-state index < -0.39 is 17.6 Å². The summed E-state index contributed by atoms with van der Waals surface area (Å²) in [4.78, 5) is 20.2. The lowest BCUT2D eigenvalue weighted by molar-refractivity contribution is -0.138. The van der Waals surface area contributed by atoms with Crippen LogP contribution in [0.15, 0.2) is 42.7 Å². The summed E-state index contributed by atoms with van der Waals surface area (Å²) in [5, 5.41) is 0. The van der Waals surface area contributed by atoms with Gasteiger partial charge in [-0.05, 0) is 55.8 Å². The van der Waals surface area contributed by atoms with E-state index in [1.807, 2.05) is 12.1 Å². The molecule has 0 bridgehead atoms. The van der Waals surface area contributed by atoms with E-state index in [9.17, 15) is 17.6 Å². The smallest absolute Gasteiger partial charge is 0.354 e. The maximum absolute atomic E-state index is 13.9. The molecule has 6 nitrogen and oxygen atoms in total. The molecule has 35 heavy (non-hydrogen) atoms. The topological polar surface area (TPSA) is 48.4 Å². The second-order valence-electron chi connectivity index (χ2n) is 9.04. The van der Waals surface area contributed by atoms with Crippen molar-refractivity contribution in [1.82, 2.24) is 19.9 Å². The largest absolute Gasteiger partial charge is 0.416 e. The predicted molar refractivity (Wildman–Crippen MR) is 126 cm³/mol. The Bertz CT molecular complexity index is 1210. The molecule has 2 aliphatic heterocycles. The van der Waals surface area contributed by atoms with Crippen LogP contribution in [0.3, 0.4) is 0 Å². The van der Waals surface area contributed by atoms with Crippen LogP contribution in [-0.4, -0.2) is 59.6 Å². The summed E-state index contributed by atoms with van der Waals surface area (Å²) >= 11 is 0. The van der Waals surface area contributed by atoms with Gasteiger partial charge in [0, 0.05) is 51.0 Å². The van der Waals surface area contributed by atoms with Crippen LogP contribution in [0.5, 0.6) is 0 Å². The third kappa shape index (κ3) is 5.07. The van der Waals surface area contributed by atoms with Gasteiger partial charge in [0.05, 0.1) is 23.1 Å². The number of aryl methyl sites for hydroxylation is 1. The Labute approximate surface area is 201 Å². The molecule has 0 saturated carbocycles. The lowest BCUT2D eigenvalue weighted by Crippen LogP contribution is -2.44. The molecule has 184 valence electrons. The maximum Gasteiger partial charge on any atom is 0.416 e. The van der Waals surface area contributed by atoms with E-state index in [0.717, 1.165) is 67.9 Å². The zero-order chi connectivity index (χ0) is 24.6. The molecule has 0 radical (unpaired) electrons. The Morgan fingerprint density at radius 1 is 0.971 bits per heavy atom. The van der Waals surface area contributed by atoms with Crippen LogP contribution in [0.2, 0.25) is 0 Å². The second-order valence-corrected chi connectivity index (χ2v) is 9.04. The molecule has 3 aromatic rings. The number of alkyl halides is 3. The van der Waals surface area contributed by atoms with Crippen molar-refractivity contribution in [2.45, 2.75) is 25.6 Å². The first-order valence-electron chi connectivity index (χ1n) is 11.6. The molecule has 0 N–H and O–H groups in total. The molecule has 1 fully saturated rings. The number of halogens is 4. The molecule has 0 amide bonds. The van der Waals surface area contributed by atoms with Crippen LogP contribution in [0, 0.1) is 5.82 Å². The molecule has 2 aliphatic rings. The van der Waals surface area contributed by atoms with Crippen molar-refractivity contribution in [2.75, 3.05) is 49.6 Å². The zero-order valence-electron chi connectivity index (χ0n) is 19.4. The van der Waals surface area contributed by atoms with Gasteiger partial charge < -0.3 is 14.7 Å². The molecule has 0 spiro atoms. The highest BCUT2D eigenvalue weighted by atomic mass is 19.4. The molecular formula is C25H26F4N6. The van der Waals surface area contributed by atoms with Crippen molar-refractivity contribution in [3.63, 3.8) is 0 Å². The summed E-state index contributed by atoms with van der Waals surface area (Å²) in [6.45, 7) is 4.10. The van der Waals surface area contributed by atoms with Gasteiger partial charge in [-0.25, -0.2) is 14.4 Å². The molecule has 0 atom stereocenters. The molecule has 1 saturated heterocycles. The van der Waals surface area contributed by atoms with Gasteiger partial charge in [-0.15, -0.1) is 0 Å². The normalized spacial score (nSPS) is 16.9. The SMILES string of the molecule is CN1CCN(c2cc(-c3cnc4c(n3)N(Cc3cc(F)ccc3C(F)(F)F)CCC4)ccn2)CC1. The number of piperazine rings is 1. The van der Waals surface area contributed by atoms with Gasteiger partial charge >= 0.3 is 6.18 Å². The number of pyridine rings is 1. The zero-order valence-corrected chi connectivity index (χ0v) is 19.4. The Morgan fingerprint density at radius 2 is 1.77 bits per heavy atom. The van der Waals surface area contributed by atoms with E-state index in [0.29, 0.717) is 24.5 Å². The summed E-state index contributed by atoms with van der Waals surface area (Å²) < 4.78 is 54.5. The summed E-state index contributed by atoms with van der Waals surface area (Å²) in [5.74, 6) is 0.712. The Hall–Kier alpha value is -3.27. The maximum atomic E-state index is 13.9. The van der Waals surface area contributed by atoms with E-state index in [1.54, 1.807) is 17.3 Å². The second kappa shape index (κ2) is 9.41.